The van der Waals surface area contributed by atoms with Crippen LogP contribution in [0.25, 0.3) is 0 Å². The first-order chi connectivity index (χ1) is 9.40. The quantitative estimate of drug-likeness (QED) is 0.806. The number of hydrogen-bond acceptors (Lipinski definition) is 2. The molecule has 1 amide bonds. The van der Waals surface area contributed by atoms with Gasteiger partial charge in [0.05, 0.1) is 6.04 Å². The standard InChI is InChI=1S/C16H25FN2O/c1-11(2)16(13-7-9-14(17)10-8-13)19-15(20)6-4-5-12(3)18/h7-12,16H,4-6,18H2,1-3H3,(H,19,20). The van der Waals surface area contributed by atoms with Crippen molar-refractivity contribution in [2.24, 2.45) is 11.7 Å². The molecule has 0 fully saturated rings. The Kier molecular flexibility index (Phi) is 6.65. The summed E-state index contributed by atoms with van der Waals surface area (Å²) in [5.74, 6) is 0.00559. The fraction of sp³-hybridized carbons (Fsp3) is 0.562. The first-order valence-electron chi connectivity index (χ1n) is 7.20. The zero-order valence-electron chi connectivity index (χ0n) is 12.5. The molecule has 0 heterocycles. The zero-order valence-corrected chi connectivity index (χ0v) is 12.5. The predicted molar refractivity (Wildman–Crippen MR) is 79.6 cm³/mol. The molecule has 0 bridgehead atoms. The van der Waals surface area contributed by atoms with E-state index in [2.05, 4.69) is 5.32 Å². The summed E-state index contributed by atoms with van der Waals surface area (Å²) in [4.78, 5) is 12.0. The van der Waals surface area contributed by atoms with Gasteiger partial charge >= 0.3 is 0 Å². The van der Waals surface area contributed by atoms with E-state index in [-0.39, 0.29) is 29.7 Å². The Balaban J connectivity index is 2.59. The summed E-state index contributed by atoms with van der Waals surface area (Å²) in [6.07, 6.45) is 2.11. The minimum Gasteiger partial charge on any atom is -0.349 e. The van der Waals surface area contributed by atoms with Crippen LogP contribution in [0.2, 0.25) is 0 Å². The molecule has 0 radical (unpaired) electrons. The SMILES string of the molecule is CC(N)CCCC(=O)NC(c1ccc(F)cc1)C(C)C. The Bertz CT molecular complexity index is 415. The van der Waals surface area contributed by atoms with Crippen LogP contribution in [0.15, 0.2) is 24.3 Å². The molecule has 112 valence electrons. The first-order valence-corrected chi connectivity index (χ1v) is 7.20. The number of amides is 1. The summed E-state index contributed by atoms with van der Waals surface area (Å²) in [7, 11) is 0. The molecule has 3 nitrogen and oxygen atoms in total. The molecule has 1 rings (SSSR count). The van der Waals surface area contributed by atoms with E-state index in [0.717, 1.165) is 18.4 Å². The van der Waals surface area contributed by atoms with Gasteiger partial charge in [-0.25, -0.2) is 4.39 Å². The van der Waals surface area contributed by atoms with E-state index in [9.17, 15) is 9.18 Å². The minimum absolute atomic E-state index is 0.0219. The third-order valence-electron chi connectivity index (χ3n) is 3.28. The summed E-state index contributed by atoms with van der Waals surface area (Å²) in [5.41, 5.74) is 6.60. The van der Waals surface area contributed by atoms with Crippen LogP contribution in [0.5, 0.6) is 0 Å². The highest BCUT2D eigenvalue weighted by atomic mass is 19.1. The van der Waals surface area contributed by atoms with Gasteiger partial charge in [-0.15, -0.1) is 0 Å². The molecule has 0 saturated carbocycles. The van der Waals surface area contributed by atoms with Gasteiger partial charge in [-0.05, 0) is 43.4 Å². The molecule has 4 heteroatoms. The van der Waals surface area contributed by atoms with E-state index < -0.39 is 0 Å². The molecule has 0 spiro atoms. The Morgan fingerprint density at radius 2 is 1.85 bits per heavy atom. The number of carbonyl (C=O) groups is 1. The molecule has 0 aromatic heterocycles. The molecule has 0 aliphatic rings. The Labute approximate surface area is 120 Å². The third-order valence-corrected chi connectivity index (χ3v) is 3.28. The smallest absolute Gasteiger partial charge is 0.220 e. The maximum Gasteiger partial charge on any atom is 0.220 e. The van der Waals surface area contributed by atoms with Gasteiger partial charge in [0.1, 0.15) is 5.82 Å². The lowest BCUT2D eigenvalue weighted by Crippen LogP contribution is -2.31. The highest BCUT2D eigenvalue weighted by Gasteiger charge is 2.18. The molecule has 2 unspecified atom stereocenters. The van der Waals surface area contributed by atoms with Crippen LogP contribution in [0, 0.1) is 11.7 Å². The van der Waals surface area contributed by atoms with Crippen LogP contribution < -0.4 is 11.1 Å². The highest BCUT2D eigenvalue weighted by Crippen LogP contribution is 2.22. The van der Waals surface area contributed by atoms with Crippen molar-refractivity contribution in [1.29, 1.82) is 0 Å². The summed E-state index contributed by atoms with van der Waals surface area (Å²) >= 11 is 0. The lowest BCUT2D eigenvalue weighted by Gasteiger charge is -2.23. The average molecular weight is 280 g/mol. The zero-order chi connectivity index (χ0) is 15.1. The van der Waals surface area contributed by atoms with E-state index in [1.807, 2.05) is 20.8 Å². The first kappa shape index (κ1) is 16.6. The van der Waals surface area contributed by atoms with Crippen LogP contribution in [-0.4, -0.2) is 11.9 Å². The number of halogens is 1. The van der Waals surface area contributed by atoms with Crippen LogP contribution in [-0.2, 0) is 4.79 Å². The van der Waals surface area contributed by atoms with Crippen LogP contribution >= 0.6 is 0 Å². The van der Waals surface area contributed by atoms with E-state index in [1.54, 1.807) is 12.1 Å². The second kappa shape index (κ2) is 8.00. The molecule has 2 atom stereocenters. The van der Waals surface area contributed by atoms with Crippen LogP contribution in [0.4, 0.5) is 4.39 Å². The second-order valence-corrected chi connectivity index (χ2v) is 5.71. The number of hydrogen-bond donors (Lipinski definition) is 2. The van der Waals surface area contributed by atoms with Gasteiger partial charge in [0.2, 0.25) is 5.91 Å². The molecule has 1 aromatic carbocycles. The molecule has 0 aliphatic carbocycles. The van der Waals surface area contributed by atoms with Gasteiger partial charge < -0.3 is 11.1 Å². The van der Waals surface area contributed by atoms with Gasteiger partial charge in [-0.2, -0.15) is 0 Å². The lowest BCUT2D eigenvalue weighted by molar-refractivity contribution is -0.122. The lowest BCUT2D eigenvalue weighted by atomic mass is 9.95. The fourth-order valence-corrected chi connectivity index (χ4v) is 2.14. The van der Waals surface area contributed by atoms with E-state index in [4.69, 9.17) is 5.73 Å². The molecule has 0 aliphatic heterocycles. The van der Waals surface area contributed by atoms with Gasteiger partial charge in [-0.3, -0.25) is 4.79 Å². The van der Waals surface area contributed by atoms with Crippen molar-refractivity contribution in [2.45, 2.75) is 52.1 Å². The molecule has 3 N–H and O–H groups in total. The largest absolute Gasteiger partial charge is 0.349 e. The van der Waals surface area contributed by atoms with Gasteiger partial charge in [-0.1, -0.05) is 26.0 Å². The van der Waals surface area contributed by atoms with Gasteiger partial charge in [0.25, 0.3) is 0 Å². The van der Waals surface area contributed by atoms with E-state index >= 15 is 0 Å². The van der Waals surface area contributed by atoms with E-state index in [1.165, 1.54) is 12.1 Å². The minimum atomic E-state index is -0.264. The monoisotopic (exact) mass is 280 g/mol. The number of benzene rings is 1. The van der Waals surface area contributed by atoms with E-state index in [0.29, 0.717) is 6.42 Å². The molecular weight excluding hydrogens is 255 g/mol. The van der Waals surface area contributed by atoms with Crippen molar-refractivity contribution in [3.05, 3.63) is 35.6 Å². The van der Waals surface area contributed by atoms with Crippen LogP contribution in [0.3, 0.4) is 0 Å². The topological polar surface area (TPSA) is 55.1 Å². The van der Waals surface area contributed by atoms with Crippen molar-refractivity contribution in [1.82, 2.24) is 5.32 Å². The average Bonchev–Trinajstić information content (AvgIpc) is 2.36. The summed E-state index contributed by atoms with van der Waals surface area (Å²) < 4.78 is 13.0. The van der Waals surface area contributed by atoms with Crippen molar-refractivity contribution >= 4 is 5.91 Å². The predicted octanol–water partition coefficient (Wildman–Crippen LogP) is 3.16. The number of rotatable bonds is 7. The maximum atomic E-state index is 13.0. The summed E-state index contributed by atoms with van der Waals surface area (Å²) in [6.45, 7) is 6.01. The van der Waals surface area contributed by atoms with Crippen molar-refractivity contribution in [3.8, 4) is 0 Å². The van der Waals surface area contributed by atoms with Crippen molar-refractivity contribution < 1.29 is 9.18 Å². The van der Waals surface area contributed by atoms with Crippen LogP contribution in [0.1, 0.15) is 51.6 Å². The number of carbonyl (C=O) groups excluding carboxylic acids is 1. The van der Waals surface area contributed by atoms with Gasteiger partial charge in [0.15, 0.2) is 0 Å². The summed E-state index contributed by atoms with van der Waals surface area (Å²) in [5, 5.41) is 3.02. The fourth-order valence-electron chi connectivity index (χ4n) is 2.14. The molecule has 1 aromatic rings. The third kappa shape index (κ3) is 5.70. The Morgan fingerprint density at radius 1 is 1.25 bits per heavy atom. The molecule has 20 heavy (non-hydrogen) atoms. The number of nitrogens with two attached hydrogens (primary N) is 1. The van der Waals surface area contributed by atoms with Crippen molar-refractivity contribution in [2.75, 3.05) is 0 Å². The number of nitrogens with one attached hydrogen (secondary N) is 1. The summed E-state index contributed by atoms with van der Waals surface area (Å²) in [6, 6.07) is 6.34. The molecular formula is C16H25FN2O. The van der Waals surface area contributed by atoms with Gasteiger partial charge in [0, 0.05) is 12.5 Å². The maximum absolute atomic E-state index is 13.0. The second-order valence-electron chi connectivity index (χ2n) is 5.71. The Hall–Kier alpha value is -1.42. The normalized spacial score (nSPS) is 14.1. The van der Waals surface area contributed by atoms with Crippen molar-refractivity contribution in [3.63, 3.8) is 0 Å². The highest BCUT2D eigenvalue weighted by molar-refractivity contribution is 5.76. The Morgan fingerprint density at radius 3 is 2.35 bits per heavy atom. The molecule has 0 saturated heterocycles.